The largest absolute Gasteiger partial charge is 0.496 e. The number of carboxylic acid groups (broad SMARTS) is 4. The summed E-state index contributed by atoms with van der Waals surface area (Å²) in [6.07, 6.45) is 4.65. The Morgan fingerprint density at radius 1 is 0.320 bits per heavy atom. The van der Waals surface area contributed by atoms with E-state index in [1.54, 1.807) is 90.5 Å². The Morgan fingerprint density at radius 2 is 0.555 bits per heavy atom. The second kappa shape index (κ2) is 52.2. The average Bonchev–Trinajstić information content (AvgIpc) is 1.64. The first-order valence-corrected chi connectivity index (χ1v) is 44.0. The minimum atomic E-state index is -0.950. The van der Waals surface area contributed by atoms with Crippen molar-refractivity contribution < 1.29 is 96.7 Å². The second-order valence-corrected chi connectivity index (χ2v) is 34.5. The van der Waals surface area contributed by atoms with Gasteiger partial charge in [-0.25, -0.2) is 0 Å². The number of methoxy groups -OCH3 is 8. The summed E-state index contributed by atoms with van der Waals surface area (Å²) < 4.78 is 51.8. The highest BCUT2D eigenvalue weighted by molar-refractivity contribution is 5.97. The Hall–Kier alpha value is -12.1. The Kier molecular flexibility index (Phi) is 43.4. The third kappa shape index (κ3) is 31.7. The lowest BCUT2D eigenvalue weighted by molar-refractivity contribution is -0.138. The van der Waals surface area contributed by atoms with Gasteiger partial charge in [-0.1, -0.05) is 154 Å². The molecule has 2 unspecified atom stereocenters. The van der Waals surface area contributed by atoms with Crippen LogP contribution in [0.2, 0.25) is 0 Å². The van der Waals surface area contributed by atoms with E-state index in [1.165, 1.54) is 0 Å². The number of aromatic nitrogens is 8. The van der Waals surface area contributed by atoms with Crippen molar-refractivity contribution in [3.8, 4) is 91.0 Å². The minimum absolute atomic E-state index is 0.00773. The molecule has 4 aromatic heterocycles. The molecule has 4 amide bonds. The number of carboxylic acids is 4. The van der Waals surface area contributed by atoms with Crippen LogP contribution in [0.3, 0.4) is 0 Å². The van der Waals surface area contributed by atoms with Gasteiger partial charge in [-0.3, -0.25) is 57.1 Å². The van der Waals surface area contributed by atoms with Crippen LogP contribution >= 0.6 is 0 Å². The lowest BCUT2D eigenvalue weighted by atomic mass is 10.0. The van der Waals surface area contributed by atoms with Gasteiger partial charge in [0.05, 0.1) is 134 Å². The van der Waals surface area contributed by atoms with Gasteiger partial charge in [-0.05, 0) is 153 Å². The maximum absolute atomic E-state index is 13.1. The van der Waals surface area contributed by atoms with Crippen molar-refractivity contribution in [2.24, 2.45) is 47.3 Å². The van der Waals surface area contributed by atoms with Crippen LogP contribution in [0.5, 0.6) is 46.0 Å². The van der Waals surface area contributed by atoms with Crippen molar-refractivity contribution in [1.82, 2.24) is 60.4 Å². The molecule has 32 heteroatoms. The summed E-state index contributed by atoms with van der Waals surface area (Å²) in [5, 5.41) is 66.7. The van der Waals surface area contributed by atoms with Gasteiger partial charge in [0, 0.05) is 43.8 Å². The molecule has 0 aliphatic rings. The van der Waals surface area contributed by atoms with E-state index < -0.39 is 65.8 Å². The molecular weight excluding hydrogens is 1640 g/mol. The molecule has 32 nitrogen and oxygen atoms in total. The van der Waals surface area contributed by atoms with Crippen molar-refractivity contribution in [2.75, 3.05) is 56.9 Å². The van der Waals surface area contributed by atoms with E-state index in [0.29, 0.717) is 131 Å². The zero-order chi connectivity index (χ0) is 95.5. The number of amides is 4. The van der Waals surface area contributed by atoms with Gasteiger partial charge in [-0.15, -0.1) is 0 Å². The molecule has 0 aliphatic heterocycles. The summed E-state index contributed by atoms with van der Waals surface area (Å²) >= 11 is 0. The quantitative estimate of drug-likeness (QED) is 0.0176. The number of nitrogens with one attached hydrogen (secondary N) is 4. The number of ether oxygens (including phenoxy) is 8. The van der Waals surface area contributed by atoms with Gasteiger partial charge in [0.15, 0.2) is 22.8 Å². The first-order valence-electron chi connectivity index (χ1n) is 44.0. The van der Waals surface area contributed by atoms with Crippen LogP contribution in [0.25, 0.3) is 45.0 Å². The van der Waals surface area contributed by atoms with Crippen molar-refractivity contribution in [1.29, 1.82) is 0 Å². The molecule has 4 heterocycles. The molecule has 0 aliphatic carbocycles. The highest BCUT2D eigenvalue weighted by Crippen LogP contribution is 2.44. The maximum atomic E-state index is 13.1. The maximum Gasteiger partial charge on any atom is 0.305 e. The van der Waals surface area contributed by atoms with Crippen LogP contribution in [-0.4, -0.2) is 188 Å². The molecule has 0 radical (unpaired) electrons. The number of hydrogen-bond donors (Lipinski definition) is 8. The Morgan fingerprint density at radius 3 is 0.773 bits per heavy atom. The standard InChI is InChI=1S/C25H37N3O5.2C24H35N3O5.C23H33N3O5/c1-7-17(8-2)15-28-20(24-21(32-5)10-9-11-22(24)33-6)14-19(27-28)25(31)26-18(12-16(3)4)13-23(29)30;1-14(2)11-17(12-22(28)29)25-24(30)18-13-19(27(26-18)16(5)15(3)4)23-20(31-6)9-8-10-21(23)32-7;1-7-16(4)14-27-19(23-20(31-5)9-8-10-21(23)32-6)13-18(26-27)24(30)25-17(11-15(2)3)12-22(28)29;1-14(2)10-16(11-21(27)28)24-23(29)17-12-18(26(25-17)13-15(3)4)22-19(30-5)8-7-9-20(22)31-6/h9-11,14,16-18H,7-8,12-13,15H2,1-6H3,(H,26,31)(H,29,30);8-10,13-17H,11-12H2,1-7H3,(H,25,30)(H,28,29);8-10,13,15-17H,7,11-12,14H2,1-6H3,(H,25,30)(H,28,29);7-9,12,14-16H,10-11,13H2,1-6H3,(H,24,29)(H,27,28)/t18-;2*16?,17-;16-/m0000/s1. The predicted octanol–water partition coefficient (Wildman–Crippen LogP) is 17.1. The van der Waals surface area contributed by atoms with Gasteiger partial charge in [0.1, 0.15) is 46.0 Å². The SMILES string of the molecule is CCC(C)Cn1nc(C(=O)N[C@H](CC(=O)O)CC(C)C)cc1-c1c(OC)cccc1OC.CCC(CC)Cn1nc(C(=O)N[C@H](CC(=O)O)CC(C)C)cc1-c1c(OC)cccc1OC.COc1cccc(OC)c1-c1cc(C(=O)N[C@H](CC(=O)O)CC(C)C)nn1C(C)C(C)C.COc1cccc(OC)c1-c1cc(C(=O)N[C@H](CC(=O)O)CC(C)C)nn1CC(C)C. The fourth-order valence-electron chi connectivity index (χ4n) is 14.8. The Bertz CT molecular complexity index is 4810. The molecular formula is C96H140N12O20. The van der Waals surface area contributed by atoms with Crippen molar-refractivity contribution in [3.63, 3.8) is 0 Å². The molecule has 8 N–H and O–H groups in total. The van der Waals surface area contributed by atoms with Crippen molar-refractivity contribution >= 4 is 47.5 Å². The molecule has 0 fully saturated rings. The number of nitrogens with zero attached hydrogens (tertiary/aromatic N) is 8. The molecule has 6 atom stereocenters. The highest BCUT2D eigenvalue weighted by Gasteiger charge is 2.32. The summed E-state index contributed by atoms with van der Waals surface area (Å²) in [4.78, 5) is 97.2. The number of benzene rings is 4. The Labute approximate surface area is 754 Å². The number of carbonyl (C=O) groups excluding carboxylic acids is 4. The lowest BCUT2D eigenvalue weighted by Gasteiger charge is -2.21. The van der Waals surface area contributed by atoms with Gasteiger partial charge in [0.2, 0.25) is 0 Å². The molecule has 8 rings (SSSR count). The molecule has 0 bridgehead atoms. The smallest absolute Gasteiger partial charge is 0.305 e. The number of hydrogen-bond acceptors (Lipinski definition) is 20. The zero-order valence-corrected chi connectivity index (χ0v) is 79.5. The summed E-state index contributed by atoms with van der Waals surface area (Å²) in [6.45, 7) is 36.6. The van der Waals surface area contributed by atoms with Crippen LogP contribution in [0.4, 0.5) is 0 Å². The number of carbonyl (C=O) groups is 8. The van der Waals surface area contributed by atoms with Gasteiger partial charge >= 0.3 is 23.9 Å². The second-order valence-electron chi connectivity index (χ2n) is 34.5. The summed E-state index contributed by atoms with van der Waals surface area (Å²) in [5.74, 6) is 1.79. The predicted molar refractivity (Wildman–Crippen MR) is 493 cm³/mol. The highest BCUT2D eigenvalue weighted by atomic mass is 16.5. The third-order valence-corrected chi connectivity index (χ3v) is 21.4. The number of rotatable bonds is 47. The first-order chi connectivity index (χ1) is 60.7. The van der Waals surface area contributed by atoms with Gasteiger partial charge in [-0.2, -0.15) is 20.4 Å². The van der Waals surface area contributed by atoms with E-state index in [2.05, 4.69) is 97.1 Å². The van der Waals surface area contributed by atoms with Crippen LogP contribution < -0.4 is 59.2 Å². The molecule has 8 aromatic rings. The van der Waals surface area contributed by atoms with Crippen LogP contribution in [-0.2, 0) is 38.8 Å². The molecule has 704 valence electrons. The fourth-order valence-corrected chi connectivity index (χ4v) is 14.8. The van der Waals surface area contributed by atoms with Crippen LogP contribution in [0.1, 0.15) is 236 Å². The molecule has 0 saturated carbocycles. The molecule has 128 heavy (non-hydrogen) atoms. The van der Waals surface area contributed by atoms with Gasteiger partial charge < -0.3 is 79.6 Å². The van der Waals surface area contributed by atoms with Crippen LogP contribution in [0.15, 0.2) is 97.1 Å². The topological polar surface area (TPSA) is 411 Å². The van der Waals surface area contributed by atoms with E-state index in [4.69, 9.17) is 37.9 Å². The van der Waals surface area contributed by atoms with Crippen molar-refractivity contribution in [3.05, 3.63) is 120 Å². The lowest BCUT2D eigenvalue weighted by Crippen LogP contribution is -2.37. The van der Waals surface area contributed by atoms with E-state index in [1.807, 2.05) is 144 Å². The fraction of sp³-hybridized carbons (Fsp3) is 0.542. The summed E-state index contributed by atoms with van der Waals surface area (Å²) in [5.41, 5.74) is 6.62. The van der Waals surface area contributed by atoms with Crippen LogP contribution in [0, 0.1) is 47.3 Å². The molecule has 0 spiro atoms. The Balaban J connectivity index is 0.000000303. The van der Waals surface area contributed by atoms with E-state index in [-0.39, 0.29) is 95.9 Å². The molecule has 4 aromatic carbocycles. The summed E-state index contributed by atoms with van der Waals surface area (Å²) in [6, 6.07) is 27.0. The number of aliphatic carboxylic acids is 4. The van der Waals surface area contributed by atoms with Crippen molar-refractivity contribution in [2.45, 2.75) is 238 Å². The zero-order valence-electron chi connectivity index (χ0n) is 79.5. The van der Waals surface area contributed by atoms with E-state index in [9.17, 15) is 58.8 Å². The first kappa shape index (κ1) is 106. The average molecular weight is 1780 g/mol. The third-order valence-electron chi connectivity index (χ3n) is 21.4. The molecule has 0 saturated heterocycles. The van der Waals surface area contributed by atoms with E-state index >= 15 is 0 Å². The minimum Gasteiger partial charge on any atom is -0.496 e. The monoisotopic (exact) mass is 1780 g/mol. The normalized spacial score (nSPS) is 12.6. The summed E-state index contributed by atoms with van der Waals surface area (Å²) in [7, 11) is 12.7. The van der Waals surface area contributed by atoms with E-state index in [0.717, 1.165) is 36.1 Å². The van der Waals surface area contributed by atoms with Gasteiger partial charge in [0.25, 0.3) is 23.6 Å².